The van der Waals surface area contributed by atoms with E-state index in [1.165, 1.54) is 29.7 Å². The zero-order valence-electron chi connectivity index (χ0n) is 11.8. The summed E-state index contributed by atoms with van der Waals surface area (Å²) < 4.78 is 0.915. The molecule has 1 heterocycles. The monoisotopic (exact) mass is 301 g/mol. The van der Waals surface area contributed by atoms with Gasteiger partial charge in [-0.25, -0.2) is 0 Å². The van der Waals surface area contributed by atoms with Crippen LogP contribution in [0.25, 0.3) is 0 Å². The van der Waals surface area contributed by atoms with Crippen LogP contribution in [0.3, 0.4) is 0 Å². The number of aliphatic hydroxyl groups is 1. The highest BCUT2D eigenvalue weighted by Gasteiger charge is 2.25. The van der Waals surface area contributed by atoms with E-state index in [4.69, 9.17) is 16.7 Å². The first-order chi connectivity index (χ1) is 9.02. The summed E-state index contributed by atoms with van der Waals surface area (Å²) in [5.41, 5.74) is 1.65. The summed E-state index contributed by atoms with van der Waals surface area (Å²) >= 11 is 7.87. The molecular formula is C15H24ClNOS. The molecule has 1 aromatic heterocycles. The second-order valence-electron chi connectivity index (χ2n) is 6.25. The van der Waals surface area contributed by atoms with Gasteiger partial charge in [0, 0.05) is 24.1 Å². The van der Waals surface area contributed by atoms with Gasteiger partial charge in [0.05, 0.1) is 4.34 Å². The van der Waals surface area contributed by atoms with Crippen molar-refractivity contribution < 1.29 is 5.11 Å². The first kappa shape index (κ1) is 15.3. The van der Waals surface area contributed by atoms with Gasteiger partial charge in [0.25, 0.3) is 0 Å². The molecule has 0 saturated heterocycles. The van der Waals surface area contributed by atoms with Gasteiger partial charge < -0.3 is 10.4 Å². The van der Waals surface area contributed by atoms with Crippen molar-refractivity contribution in [3.05, 3.63) is 20.8 Å². The van der Waals surface area contributed by atoms with Crippen LogP contribution in [0.2, 0.25) is 4.34 Å². The van der Waals surface area contributed by atoms with Crippen LogP contribution in [-0.4, -0.2) is 18.3 Å². The van der Waals surface area contributed by atoms with Gasteiger partial charge in [0.2, 0.25) is 0 Å². The fourth-order valence-corrected chi connectivity index (χ4v) is 4.16. The second kappa shape index (κ2) is 6.57. The van der Waals surface area contributed by atoms with Crippen molar-refractivity contribution in [2.24, 2.45) is 5.41 Å². The van der Waals surface area contributed by atoms with Crippen molar-refractivity contribution in [2.45, 2.75) is 52.0 Å². The van der Waals surface area contributed by atoms with E-state index in [0.29, 0.717) is 6.04 Å². The molecule has 0 aromatic carbocycles. The SMILES string of the molecule is CC(C)(CCCO)CNC1CCCc2sc(Cl)cc21. The fourth-order valence-electron chi connectivity index (χ4n) is 2.78. The van der Waals surface area contributed by atoms with Gasteiger partial charge in [-0.05, 0) is 49.1 Å². The number of hydrogen-bond acceptors (Lipinski definition) is 3. The molecule has 0 amide bonds. The zero-order chi connectivity index (χ0) is 13.9. The lowest BCUT2D eigenvalue weighted by molar-refractivity contribution is 0.230. The molecule has 1 aromatic rings. The molecule has 1 unspecified atom stereocenters. The van der Waals surface area contributed by atoms with E-state index in [9.17, 15) is 0 Å². The summed E-state index contributed by atoms with van der Waals surface area (Å²) in [5.74, 6) is 0. The average Bonchev–Trinajstić information content (AvgIpc) is 2.74. The Balaban J connectivity index is 1.93. The molecule has 0 radical (unpaired) electrons. The van der Waals surface area contributed by atoms with Gasteiger partial charge in [-0.15, -0.1) is 11.3 Å². The standard InChI is InChI=1S/C15H24ClNOS/c1-15(2,7-4-8-18)10-17-12-5-3-6-13-11(12)9-14(16)19-13/h9,12,17-18H,3-8,10H2,1-2H3. The van der Waals surface area contributed by atoms with E-state index in [1.807, 2.05) is 0 Å². The molecule has 1 atom stereocenters. The van der Waals surface area contributed by atoms with E-state index in [2.05, 4.69) is 25.2 Å². The van der Waals surface area contributed by atoms with Crippen molar-refractivity contribution in [3.8, 4) is 0 Å². The normalized spacial score (nSPS) is 19.5. The maximum Gasteiger partial charge on any atom is 0.0934 e. The predicted octanol–water partition coefficient (Wildman–Crippen LogP) is 4.17. The fraction of sp³-hybridized carbons (Fsp3) is 0.733. The predicted molar refractivity (Wildman–Crippen MR) is 83.1 cm³/mol. The Morgan fingerprint density at radius 3 is 3.05 bits per heavy atom. The van der Waals surface area contributed by atoms with Crippen molar-refractivity contribution in [2.75, 3.05) is 13.2 Å². The maximum absolute atomic E-state index is 8.95. The maximum atomic E-state index is 8.95. The number of hydrogen-bond donors (Lipinski definition) is 2. The molecule has 108 valence electrons. The number of halogens is 1. The topological polar surface area (TPSA) is 32.3 Å². The minimum Gasteiger partial charge on any atom is -0.396 e. The van der Waals surface area contributed by atoms with E-state index >= 15 is 0 Å². The number of fused-ring (bicyclic) bond motifs is 1. The summed E-state index contributed by atoms with van der Waals surface area (Å²) in [4.78, 5) is 1.46. The van der Waals surface area contributed by atoms with Gasteiger partial charge in [0.15, 0.2) is 0 Å². The summed E-state index contributed by atoms with van der Waals surface area (Å²) in [7, 11) is 0. The van der Waals surface area contributed by atoms with E-state index < -0.39 is 0 Å². The van der Waals surface area contributed by atoms with Crippen molar-refractivity contribution in [1.82, 2.24) is 5.32 Å². The Hall–Kier alpha value is -0.0900. The number of nitrogens with one attached hydrogen (secondary N) is 1. The minimum atomic E-state index is 0.236. The van der Waals surface area contributed by atoms with Crippen LogP contribution in [0, 0.1) is 5.41 Å². The molecule has 0 aliphatic heterocycles. The van der Waals surface area contributed by atoms with Gasteiger partial charge in [-0.2, -0.15) is 0 Å². The number of aryl methyl sites for hydroxylation is 1. The molecule has 0 fully saturated rings. The van der Waals surface area contributed by atoms with Crippen LogP contribution in [0.1, 0.15) is 56.0 Å². The smallest absolute Gasteiger partial charge is 0.0934 e. The first-order valence-corrected chi connectivity index (χ1v) is 8.34. The quantitative estimate of drug-likeness (QED) is 0.826. The summed E-state index contributed by atoms with van der Waals surface area (Å²) in [6.07, 6.45) is 5.57. The number of aliphatic hydroxyl groups excluding tert-OH is 1. The van der Waals surface area contributed by atoms with Crippen molar-refractivity contribution in [3.63, 3.8) is 0 Å². The molecule has 1 aliphatic carbocycles. The highest BCUT2D eigenvalue weighted by molar-refractivity contribution is 7.16. The van der Waals surface area contributed by atoms with Crippen LogP contribution < -0.4 is 5.32 Å². The third-order valence-electron chi connectivity index (χ3n) is 3.92. The Kier molecular flexibility index (Phi) is 5.29. The summed E-state index contributed by atoms with van der Waals surface area (Å²) in [5, 5.41) is 12.7. The Labute approximate surface area is 125 Å². The molecule has 0 saturated carbocycles. The lowest BCUT2D eigenvalue weighted by atomic mass is 9.86. The molecule has 2 nitrogen and oxygen atoms in total. The third kappa shape index (κ3) is 4.19. The first-order valence-electron chi connectivity index (χ1n) is 7.14. The van der Waals surface area contributed by atoms with Crippen molar-refractivity contribution >= 4 is 22.9 Å². The van der Waals surface area contributed by atoms with Crippen molar-refractivity contribution in [1.29, 1.82) is 0 Å². The molecule has 4 heteroatoms. The molecule has 19 heavy (non-hydrogen) atoms. The molecule has 1 aliphatic rings. The largest absolute Gasteiger partial charge is 0.396 e. The third-order valence-corrected chi connectivity index (χ3v) is 5.26. The van der Waals surface area contributed by atoms with Gasteiger partial charge >= 0.3 is 0 Å². The lowest BCUT2D eigenvalue weighted by Crippen LogP contribution is -2.33. The van der Waals surface area contributed by atoms with Gasteiger partial charge in [-0.1, -0.05) is 25.4 Å². The second-order valence-corrected chi connectivity index (χ2v) is 8.01. The summed E-state index contributed by atoms with van der Waals surface area (Å²) in [6, 6.07) is 2.60. The number of rotatable bonds is 6. The minimum absolute atomic E-state index is 0.236. The highest BCUT2D eigenvalue weighted by Crippen LogP contribution is 2.38. The highest BCUT2D eigenvalue weighted by atomic mass is 35.5. The van der Waals surface area contributed by atoms with E-state index in [-0.39, 0.29) is 12.0 Å². The number of thiophene rings is 1. The van der Waals surface area contributed by atoms with Crippen LogP contribution in [0.5, 0.6) is 0 Å². The average molecular weight is 302 g/mol. The Morgan fingerprint density at radius 2 is 2.32 bits per heavy atom. The van der Waals surface area contributed by atoms with Gasteiger partial charge in [-0.3, -0.25) is 0 Å². The molecular weight excluding hydrogens is 278 g/mol. The molecule has 0 bridgehead atoms. The van der Waals surface area contributed by atoms with Crippen LogP contribution in [-0.2, 0) is 6.42 Å². The van der Waals surface area contributed by atoms with Gasteiger partial charge in [0.1, 0.15) is 0 Å². The summed E-state index contributed by atoms with van der Waals surface area (Å²) in [6.45, 7) is 5.81. The van der Waals surface area contributed by atoms with E-state index in [1.54, 1.807) is 11.3 Å². The molecule has 0 spiro atoms. The van der Waals surface area contributed by atoms with Crippen LogP contribution in [0.4, 0.5) is 0 Å². The Bertz CT molecular complexity index is 416. The zero-order valence-corrected chi connectivity index (χ0v) is 13.4. The van der Waals surface area contributed by atoms with E-state index in [0.717, 1.165) is 23.7 Å². The van der Waals surface area contributed by atoms with Crippen LogP contribution >= 0.6 is 22.9 Å². The Morgan fingerprint density at radius 1 is 1.53 bits per heavy atom. The molecule has 2 N–H and O–H groups in total. The lowest BCUT2D eigenvalue weighted by Gasteiger charge is -2.30. The van der Waals surface area contributed by atoms with Crippen LogP contribution in [0.15, 0.2) is 6.07 Å². The molecule has 2 rings (SSSR count).